The van der Waals surface area contributed by atoms with E-state index in [-0.39, 0.29) is 24.1 Å². The van der Waals surface area contributed by atoms with E-state index in [0.717, 1.165) is 23.0 Å². The molecule has 7 nitrogen and oxygen atoms in total. The number of rotatable bonds is 8. The Morgan fingerprint density at radius 1 is 1.16 bits per heavy atom. The van der Waals surface area contributed by atoms with E-state index < -0.39 is 0 Å². The number of aryl methyl sites for hydroxylation is 2. The maximum atomic E-state index is 13.7. The van der Waals surface area contributed by atoms with Crippen LogP contribution in [0.4, 0.5) is 0 Å². The summed E-state index contributed by atoms with van der Waals surface area (Å²) >= 11 is 0. The van der Waals surface area contributed by atoms with Gasteiger partial charge in [0.2, 0.25) is 0 Å². The number of carbonyl (C=O) groups is 1. The number of hydrogen-bond donors (Lipinski definition) is 0. The molecule has 0 fully saturated rings. The van der Waals surface area contributed by atoms with Gasteiger partial charge in [-0.15, -0.1) is 0 Å². The molecule has 0 bridgehead atoms. The monoisotopic (exact) mass is 434 g/mol. The highest BCUT2D eigenvalue weighted by molar-refractivity contribution is 5.87. The average molecular weight is 435 g/mol. The number of hydrogen-bond acceptors (Lipinski definition) is 4. The maximum absolute atomic E-state index is 13.7. The van der Waals surface area contributed by atoms with E-state index in [1.807, 2.05) is 25.2 Å². The molecule has 0 radical (unpaired) electrons. The van der Waals surface area contributed by atoms with Crippen LogP contribution < -0.4 is 5.69 Å². The van der Waals surface area contributed by atoms with Crippen molar-refractivity contribution in [2.75, 3.05) is 6.61 Å². The zero-order valence-electron chi connectivity index (χ0n) is 19.2. The summed E-state index contributed by atoms with van der Waals surface area (Å²) in [5.41, 5.74) is 4.64. The topological polar surface area (TPSA) is 71.0 Å². The van der Waals surface area contributed by atoms with Crippen molar-refractivity contribution in [2.24, 2.45) is 7.05 Å². The maximum Gasteiger partial charge on any atom is 0.330 e. The van der Waals surface area contributed by atoms with Crippen LogP contribution in [0, 0.1) is 6.92 Å². The molecule has 0 unspecified atom stereocenters. The largest absolute Gasteiger partial charge is 0.466 e. The number of imidazole rings is 1. The molecule has 1 aromatic carbocycles. The van der Waals surface area contributed by atoms with Gasteiger partial charge in [0.25, 0.3) is 0 Å². The minimum absolute atomic E-state index is 0.146. The fourth-order valence-electron chi connectivity index (χ4n) is 4.68. The summed E-state index contributed by atoms with van der Waals surface area (Å²) in [5.74, 6) is -0.292. The zero-order chi connectivity index (χ0) is 22.8. The molecule has 0 saturated carbocycles. The molecule has 32 heavy (non-hydrogen) atoms. The summed E-state index contributed by atoms with van der Waals surface area (Å²) in [4.78, 5) is 30.5. The summed E-state index contributed by atoms with van der Waals surface area (Å²) in [7, 11) is 2.02. The zero-order valence-corrected chi connectivity index (χ0v) is 19.2. The molecule has 1 atom stereocenters. The number of pyridine rings is 1. The van der Waals surface area contributed by atoms with Crippen molar-refractivity contribution in [3.8, 4) is 0 Å². The van der Waals surface area contributed by atoms with Gasteiger partial charge in [-0.05, 0) is 49.6 Å². The molecular formula is C25H30N4O3. The lowest BCUT2D eigenvalue weighted by Crippen LogP contribution is -2.29. The molecule has 0 amide bonds. The fourth-order valence-corrected chi connectivity index (χ4v) is 4.68. The number of fused-ring (bicyclic) bond motifs is 2. The van der Waals surface area contributed by atoms with Gasteiger partial charge in [0, 0.05) is 30.3 Å². The van der Waals surface area contributed by atoms with E-state index in [1.54, 1.807) is 22.3 Å². The summed E-state index contributed by atoms with van der Waals surface area (Å²) < 4.78 is 10.7. The lowest BCUT2D eigenvalue weighted by atomic mass is 10.1. The van der Waals surface area contributed by atoms with Crippen LogP contribution in [-0.2, 0) is 23.1 Å². The summed E-state index contributed by atoms with van der Waals surface area (Å²) in [5, 5.41) is 1.17. The number of benzene rings is 1. The third-order valence-corrected chi connectivity index (χ3v) is 6.05. The molecule has 4 rings (SSSR count). The van der Waals surface area contributed by atoms with Gasteiger partial charge < -0.3 is 9.30 Å². The molecule has 0 aliphatic heterocycles. The molecule has 0 spiro atoms. The Labute approximate surface area is 187 Å². The van der Waals surface area contributed by atoms with E-state index >= 15 is 0 Å². The highest BCUT2D eigenvalue weighted by Gasteiger charge is 2.24. The minimum atomic E-state index is -0.292. The van der Waals surface area contributed by atoms with E-state index in [4.69, 9.17) is 4.74 Å². The molecule has 4 aromatic rings. The second kappa shape index (κ2) is 9.02. The SMILES string of the molecule is CCC[C@@H](CC(=O)OCC)n1c(=O)n(Cc2cn(C)c3cccc(C)c23)c2cccnc21. The summed E-state index contributed by atoms with van der Waals surface area (Å²) in [6.45, 7) is 6.70. The predicted octanol–water partition coefficient (Wildman–Crippen LogP) is 4.34. The molecule has 0 aliphatic rings. The van der Waals surface area contributed by atoms with E-state index in [2.05, 4.69) is 41.7 Å². The van der Waals surface area contributed by atoms with Gasteiger partial charge in [-0.1, -0.05) is 25.5 Å². The van der Waals surface area contributed by atoms with Crippen LogP contribution >= 0.6 is 0 Å². The van der Waals surface area contributed by atoms with Crippen LogP contribution in [0.2, 0.25) is 0 Å². The van der Waals surface area contributed by atoms with E-state index in [0.29, 0.717) is 25.2 Å². The van der Waals surface area contributed by atoms with Crippen molar-refractivity contribution in [3.05, 3.63) is 64.3 Å². The lowest BCUT2D eigenvalue weighted by molar-refractivity contribution is -0.144. The number of nitrogens with zero attached hydrogens (tertiary/aromatic N) is 4. The van der Waals surface area contributed by atoms with Crippen LogP contribution in [0.15, 0.2) is 47.5 Å². The second-order valence-electron chi connectivity index (χ2n) is 8.27. The van der Waals surface area contributed by atoms with Crippen LogP contribution in [0.3, 0.4) is 0 Å². The molecule has 168 valence electrons. The van der Waals surface area contributed by atoms with Crippen LogP contribution in [0.1, 0.15) is 50.3 Å². The first kappa shape index (κ1) is 21.9. The molecule has 3 heterocycles. The van der Waals surface area contributed by atoms with Gasteiger partial charge in [0.15, 0.2) is 5.65 Å². The van der Waals surface area contributed by atoms with Gasteiger partial charge in [-0.2, -0.15) is 0 Å². The van der Waals surface area contributed by atoms with Crippen molar-refractivity contribution in [1.29, 1.82) is 0 Å². The lowest BCUT2D eigenvalue weighted by Gasteiger charge is -2.16. The molecule has 0 N–H and O–H groups in total. The Bertz CT molecular complexity index is 1330. The number of carbonyl (C=O) groups excluding carboxylic acids is 1. The Hall–Kier alpha value is -3.35. The predicted molar refractivity (Wildman–Crippen MR) is 126 cm³/mol. The van der Waals surface area contributed by atoms with Crippen molar-refractivity contribution in [3.63, 3.8) is 0 Å². The molecular weight excluding hydrogens is 404 g/mol. The quantitative estimate of drug-likeness (QED) is 0.387. The van der Waals surface area contributed by atoms with Gasteiger partial charge >= 0.3 is 11.7 Å². The second-order valence-corrected chi connectivity index (χ2v) is 8.27. The first-order valence-corrected chi connectivity index (χ1v) is 11.2. The smallest absolute Gasteiger partial charge is 0.330 e. The van der Waals surface area contributed by atoms with Crippen molar-refractivity contribution >= 4 is 28.0 Å². The summed E-state index contributed by atoms with van der Waals surface area (Å²) in [6.07, 6.45) is 5.48. The average Bonchev–Trinajstić information content (AvgIpc) is 3.23. The van der Waals surface area contributed by atoms with Crippen molar-refractivity contribution in [2.45, 2.75) is 52.6 Å². The molecule has 3 aromatic heterocycles. The van der Waals surface area contributed by atoms with Crippen LogP contribution in [0.25, 0.3) is 22.1 Å². The Kier molecular flexibility index (Phi) is 6.17. The highest BCUT2D eigenvalue weighted by atomic mass is 16.5. The Morgan fingerprint density at radius 3 is 2.69 bits per heavy atom. The number of ether oxygens (including phenoxy) is 1. The molecule has 7 heteroatoms. The first-order valence-electron chi connectivity index (χ1n) is 11.2. The van der Waals surface area contributed by atoms with Gasteiger partial charge in [-0.3, -0.25) is 13.9 Å². The molecule has 0 aliphatic carbocycles. The molecule has 0 saturated heterocycles. The summed E-state index contributed by atoms with van der Waals surface area (Å²) in [6, 6.07) is 9.71. The minimum Gasteiger partial charge on any atom is -0.466 e. The highest BCUT2D eigenvalue weighted by Crippen LogP contribution is 2.27. The van der Waals surface area contributed by atoms with Crippen molar-refractivity contribution in [1.82, 2.24) is 18.7 Å². The third kappa shape index (κ3) is 3.83. The Morgan fingerprint density at radius 2 is 1.94 bits per heavy atom. The van der Waals surface area contributed by atoms with Gasteiger partial charge in [-0.25, -0.2) is 9.78 Å². The number of aromatic nitrogens is 4. The van der Waals surface area contributed by atoms with E-state index in [1.165, 1.54) is 10.9 Å². The Balaban J connectivity index is 1.85. The number of esters is 1. The standard InChI is InChI=1S/C25H30N4O3/c1-5-9-19(14-22(30)32-6-2)29-24-21(12-8-13-26-24)28(25(29)31)16-18-15-27(4)20-11-7-10-17(3)23(18)20/h7-8,10-13,15,19H,5-6,9,14,16H2,1-4H3/t19-/m0/s1. The normalized spacial score (nSPS) is 12.5. The van der Waals surface area contributed by atoms with Gasteiger partial charge in [0.1, 0.15) is 0 Å². The first-order chi connectivity index (χ1) is 15.5. The van der Waals surface area contributed by atoms with E-state index in [9.17, 15) is 9.59 Å². The van der Waals surface area contributed by atoms with Crippen LogP contribution in [-0.4, -0.2) is 31.3 Å². The fraction of sp³-hybridized carbons (Fsp3) is 0.400. The van der Waals surface area contributed by atoms with Crippen LogP contribution in [0.5, 0.6) is 0 Å². The third-order valence-electron chi connectivity index (χ3n) is 6.05. The van der Waals surface area contributed by atoms with Crippen molar-refractivity contribution < 1.29 is 9.53 Å². The van der Waals surface area contributed by atoms with Gasteiger partial charge in [0.05, 0.1) is 31.1 Å².